The Labute approximate surface area is 110 Å². The minimum Gasteiger partial charge on any atom is -0.444 e. The van der Waals surface area contributed by atoms with Gasteiger partial charge in [-0.1, -0.05) is 0 Å². The van der Waals surface area contributed by atoms with E-state index in [2.05, 4.69) is 14.7 Å². The van der Waals surface area contributed by atoms with Crippen molar-refractivity contribution in [2.45, 2.75) is 25.3 Å². The molecule has 0 aliphatic rings. The molecule has 2 aromatic heterocycles. The van der Waals surface area contributed by atoms with Crippen LogP contribution in [0.3, 0.4) is 0 Å². The summed E-state index contributed by atoms with van der Waals surface area (Å²) in [7, 11) is -3.65. The van der Waals surface area contributed by atoms with E-state index >= 15 is 0 Å². The van der Waals surface area contributed by atoms with Crippen LogP contribution in [0.15, 0.2) is 27.6 Å². The van der Waals surface area contributed by atoms with E-state index in [1.165, 1.54) is 18.3 Å². The first-order chi connectivity index (χ1) is 8.88. The van der Waals surface area contributed by atoms with E-state index in [0.29, 0.717) is 11.7 Å². The van der Waals surface area contributed by atoms with Gasteiger partial charge in [0.25, 0.3) is 0 Å². The third-order valence-electron chi connectivity index (χ3n) is 2.55. The number of anilines is 1. The molecule has 0 bridgehead atoms. The highest BCUT2D eigenvalue weighted by molar-refractivity contribution is 7.89. The van der Waals surface area contributed by atoms with Crippen LogP contribution in [0.5, 0.6) is 0 Å². The molecule has 8 heteroatoms. The van der Waals surface area contributed by atoms with E-state index in [-0.39, 0.29) is 17.3 Å². The Kier molecular flexibility index (Phi) is 3.54. The highest BCUT2D eigenvalue weighted by atomic mass is 32.2. The summed E-state index contributed by atoms with van der Waals surface area (Å²) in [4.78, 5) is 7.89. The van der Waals surface area contributed by atoms with Gasteiger partial charge in [-0.25, -0.2) is 23.1 Å². The molecule has 0 aromatic carbocycles. The number of nitrogens with two attached hydrogens (primary N) is 1. The second kappa shape index (κ2) is 4.98. The van der Waals surface area contributed by atoms with Gasteiger partial charge in [-0.15, -0.1) is 0 Å². The van der Waals surface area contributed by atoms with Crippen molar-refractivity contribution in [3.8, 4) is 0 Å². The number of nitrogens with one attached hydrogen (secondary N) is 1. The van der Waals surface area contributed by atoms with Crippen molar-refractivity contribution in [1.82, 2.24) is 14.7 Å². The normalized spacial score (nSPS) is 11.7. The van der Waals surface area contributed by atoms with Crippen LogP contribution in [0.25, 0.3) is 0 Å². The maximum absolute atomic E-state index is 12.0. The van der Waals surface area contributed by atoms with Gasteiger partial charge in [0, 0.05) is 12.3 Å². The molecule has 102 valence electrons. The van der Waals surface area contributed by atoms with Crippen LogP contribution in [-0.4, -0.2) is 18.4 Å². The molecule has 0 aliphatic heterocycles. The molecule has 2 rings (SSSR count). The van der Waals surface area contributed by atoms with Crippen LogP contribution in [-0.2, 0) is 16.6 Å². The van der Waals surface area contributed by atoms with Gasteiger partial charge in [-0.05, 0) is 19.9 Å². The topological polar surface area (TPSA) is 111 Å². The maximum Gasteiger partial charge on any atom is 0.241 e. The molecule has 0 unspecified atom stereocenters. The Morgan fingerprint density at radius 3 is 2.74 bits per heavy atom. The Bertz CT molecular complexity index is 674. The SMILES string of the molecule is Cc1nc(CNS(=O)(=O)c2ccnc(N)c2)oc1C. The number of pyridine rings is 1. The summed E-state index contributed by atoms with van der Waals surface area (Å²) in [6.07, 6.45) is 1.34. The smallest absolute Gasteiger partial charge is 0.241 e. The third kappa shape index (κ3) is 3.09. The molecule has 0 radical (unpaired) electrons. The van der Waals surface area contributed by atoms with Crippen molar-refractivity contribution >= 4 is 15.8 Å². The van der Waals surface area contributed by atoms with Gasteiger partial charge in [-0.2, -0.15) is 0 Å². The highest BCUT2D eigenvalue weighted by Gasteiger charge is 2.16. The number of sulfonamides is 1. The fourth-order valence-corrected chi connectivity index (χ4v) is 2.45. The van der Waals surface area contributed by atoms with E-state index in [9.17, 15) is 8.42 Å². The van der Waals surface area contributed by atoms with Gasteiger partial charge >= 0.3 is 0 Å². The van der Waals surface area contributed by atoms with Crippen LogP contribution in [0.1, 0.15) is 17.3 Å². The summed E-state index contributed by atoms with van der Waals surface area (Å²) < 4.78 is 31.7. The molecular weight excluding hydrogens is 268 g/mol. The molecule has 0 amide bonds. The molecule has 7 nitrogen and oxygen atoms in total. The summed E-state index contributed by atoms with van der Waals surface area (Å²) >= 11 is 0. The molecule has 2 aromatic rings. The molecule has 0 atom stereocenters. The fourth-order valence-electron chi connectivity index (χ4n) is 1.45. The molecule has 0 fully saturated rings. The highest BCUT2D eigenvalue weighted by Crippen LogP contribution is 2.12. The van der Waals surface area contributed by atoms with Crippen molar-refractivity contribution in [1.29, 1.82) is 0 Å². The van der Waals surface area contributed by atoms with Crippen molar-refractivity contribution < 1.29 is 12.8 Å². The van der Waals surface area contributed by atoms with Crippen molar-refractivity contribution in [3.05, 3.63) is 35.7 Å². The lowest BCUT2D eigenvalue weighted by Gasteiger charge is -2.04. The lowest BCUT2D eigenvalue weighted by atomic mass is 10.4. The van der Waals surface area contributed by atoms with Crippen molar-refractivity contribution in [2.75, 3.05) is 5.73 Å². The van der Waals surface area contributed by atoms with E-state index in [0.717, 1.165) is 5.69 Å². The van der Waals surface area contributed by atoms with Gasteiger partial charge in [0.15, 0.2) is 0 Å². The zero-order valence-corrected chi connectivity index (χ0v) is 11.4. The zero-order chi connectivity index (χ0) is 14.0. The lowest BCUT2D eigenvalue weighted by molar-refractivity contribution is 0.463. The van der Waals surface area contributed by atoms with Gasteiger partial charge in [0.2, 0.25) is 15.9 Å². The number of nitrogens with zero attached hydrogens (tertiary/aromatic N) is 2. The Hall–Kier alpha value is -1.93. The number of aromatic nitrogens is 2. The maximum atomic E-state index is 12.0. The molecule has 3 N–H and O–H groups in total. The molecule has 0 saturated heterocycles. The molecule has 0 saturated carbocycles. The number of nitrogen functional groups attached to an aromatic ring is 1. The van der Waals surface area contributed by atoms with Gasteiger partial charge in [0.05, 0.1) is 17.1 Å². The molecule has 19 heavy (non-hydrogen) atoms. The van der Waals surface area contributed by atoms with Crippen LogP contribution in [0, 0.1) is 13.8 Å². The van der Waals surface area contributed by atoms with Crippen molar-refractivity contribution in [2.24, 2.45) is 0 Å². The average molecular weight is 282 g/mol. The average Bonchev–Trinajstić information content (AvgIpc) is 2.67. The lowest BCUT2D eigenvalue weighted by Crippen LogP contribution is -2.23. The fraction of sp³-hybridized carbons (Fsp3) is 0.273. The molecule has 0 spiro atoms. The predicted octanol–water partition coefficient (Wildman–Crippen LogP) is 0.747. The van der Waals surface area contributed by atoms with E-state index in [4.69, 9.17) is 10.2 Å². The second-order valence-electron chi connectivity index (χ2n) is 3.99. The summed E-state index contributed by atoms with van der Waals surface area (Å²) in [5.74, 6) is 1.13. The molecular formula is C11H14N4O3S. The number of oxazole rings is 1. The molecule has 2 heterocycles. The van der Waals surface area contributed by atoms with Crippen LogP contribution in [0.2, 0.25) is 0 Å². The third-order valence-corrected chi connectivity index (χ3v) is 3.95. The first-order valence-electron chi connectivity index (χ1n) is 5.52. The summed E-state index contributed by atoms with van der Waals surface area (Å²) in [5, 5.41) is 0. The molecule has 0 aliphatic carbocycles. The monoisotopic (exact) mass is 282 g/mol. The first kappa shape index (κ1) is 13.5. The van der Waals surface area contributed by atoms with Crippen LogP contribution < -0.4 is 10.5 Å². The van der Waals surface area contributed by atoms with E-state index in [1.54, 1.807) is 13.8 Å². The second-order valence-corrected chi connectivity index (χ2v) is 5.76. The minimum absolute atomic E-state index is 0.0146. The van der Waals surface area contributed by atoms with Gasteiger partial charge < -0.3 is 10.2 Å². The quantitative estimate of drug-likeness (QED) is 0.855. The van der Waals surface area contributed by atoms with Crippen molar-refractivity contribution in [3.63, 3.8) is 0 Å². The Morgan fingerprint density at radius 2 is 2.16 bits per heavy atom. The summed E-state index contributed by atoms with van der Waals surface area (Å²) in [5.41, 5.74) is 6.19. The van der Waals surface area contributed by atoms with E-state index in [1.807, 2.05) is 0 Å². The van der Waals surface area contributed by atoms with Crippen LogP contribution >= 0.6 is 0 Å². The Balaban J connectivity index is 2.14. The first-order valence-corrected chi connectivity index (χ1v) is 7.01. The Morgan fingerprint density at radius 1 is 1.42 bits per heavy atom. The number of hydrogen-bond acceptors (Lipinski definition) is 6. The number of hydrogen-bond donors (Lipinski definition) is 2. The summed E-state index contributed by atoms with van der Waals surface area (Å²) in [6.45, 7) is 3.55. The van der Waals surface area contributed by atoms with Crippen LogP contribution in [0.4, 0.5) is 5.82 Å². The number of rotatable bonds is 4. The largest absolute Gasteiger partial charge is 0.444 e. The van der Waals surface area contributed by atoms with E-state index < -0.39 is 10.0 Å². The van der Waals surface area contributed by atoms with Gasteiger partial charge in [-0.3, -0.25) is 0 Å². The predicted molar refractivity (Wildman–Crippen MR) is 68.7 cm³/mol. The number of aryl methyl sites for hydroxylation is 2. The van der Waals surface area contributed by atoms with Gasteiger partial charge in [0.1, 0.15) is 11.6 Å². The zero-order valence-electron chi connectivity index (χ0n) is 10.5. The standard InChI is InChI=1S/C11H14N4O3S/c1-7-8(2)18-11(15-7)6-14-19(16,17)9-3-4-13-10(12)5-9/h3-5,14H,6H2,1-2H3,(H2,12,13). The summed E-state index contributed by atoms with van der Waals surface area (Å²) in [6, 6.07) is 2.65. The minimum atomic E-state index is -3.65.